The van der Waals surface area contributed by atoms with Gasteiger partial charge in [0.1, 0.15) is 12.7 Å². The van der Waals surface area contributed by atoms with E-state index in [0.717, 1.165) is 12.8 Å². The molecular formula is C14H16ClF2NO2. The summed E-state index contributed by atoms with van der Waals surface area (Å²) in [7, 11) is 0. The molecule has 0 spiro atoms. The Balaban J connectivity index is 1.97. The van der Waals surface area contributed by atoms with Crippen LogP contribution in [-0.2, 0) is 9.53 Å². The van der Waals surface area contributed by atoms with Crippen molar-refractivity contribution in [3.8, 4) is 0 Å². The summed E-state index contributed by atoms with van der Waals surface area (Å²) in [6, 6.07) is 6.81. The maximum Gasteiger partial charge on any atom is 0.261 e. The first-order valence-corrected chi connectivity index (χ1v) is 6.87. The number of carbonyl (C=O) groups is 1. The van der Waals surface area contributed by atoms with E-state index in [1.807, 2.05) is 0 Å². The lowest BCUT2D eigenvalue weighted by Crippen LogP contribution is -2.31. The van der Waals surface area contributed by atoms with Gasteiger partial charge in [0.05, 0.1) is 0 Å². The van der Waals surface area contributed by atoms with Crippen molar-refractivity contribution in [2.75, 3.05) is 13.2 Å². The average Bonchev–Trinajstić information content (AvgIpc) is 3.22. The Labute approximate surface area is 121 Å². The van der Waals surface area contributed by atoms with E-state index in [9.17, 15) is 13.6 Å². The van der Waals surface area contributed by atoms with Crippen molar-refractivity contribution in [1.29, 1.82) is 0 Å². The standard InChI is InChI=1S/C14H16ClF2NO2/c15-11-3-1-2-10(6-11)12(20-8-13(16)17)7-18-14(19)9-4-5-9/h1-3,6,9,12-13H,4-5,7-8H2,(H,18,19). The number of nitrogens with one attached hydrogen (secondary N) is 1. The Morgan fingerprint density at radius 3 is 2.80 bits per heavy atom. The summed E-state index contributed by atoms with van der Waals surface area (Å²) >= 11 is 5.88. The van der Waals surface area contributed by atoms with Crippen LogP contribution in [0.4, 0.5) is 8.78 Å². The van der Waals surface area contributed by atoms with Crippen molar-refractivity contribution in [3.63, 3.8) is 0 Å². The van der Waals surface area contributed by atoms with Gasteiger partial charge < -0.3 is 10.1 Å². The lowest BCUT2D eigenvalue weighted by atomic mass is 10.1. The highest BCUT2D eigenvalue weighted by Crippen LogP contribution is 2.29. The summed E-state index contributed by atoms with van der Waals surface area (Å²) < 4.78 is 29.7. The first-order valence-electron chi connectivity index (χ1n) is 6.49. The fourth-order valence-electron chi connectivity index (χ4n) is 1.85. The Morgan fingerprint density at radius 1 is 1.45 bits per heavy atom. The van der Waals surface area contributed by atoms with Crippen molar-refractivity contribution in [2.24, 2.45) is 5.92 Å². The van der Waals surface area contributed by atoms with E-state index >= 15 is 0 Å². The highest BCUT2D eigenvalue weighted by Gasteiger charge is 2.30. The van der Waals surface area contributed by atoms with Gasteiger partial charge in [0.2, 0.25) is 5.91 Å². The van der Waals surface area contributed by atoms with Crippen LogP contribution in [0, 0.1) is 5.92 Å². The predicted octanol–water partition coefficient (Wildman–Crippen LogP) is 3.19. The molecule has 110 valence electrons. The van der Waals surface area contributed by atoms with E-state index in [2.05, 4.69) is 5.32 Å². The number of halogens is 3. The molecule has 0 aromatic heterocycles. The zero-order valence-corrected chi connectivity index (χ0v) is 11.6. The van der Waals surface area contributed by atoms with E-state index in [1.54, 1.807) is 24.3 Å². The van der Waals surface area contributed by atoms with E-state index in [1.165, 1.54) is 0 Å². The molecule has 1 aromatic rings. The fourth-order valence-corrected chi connectivity index (χ4v) is 2.05. The van der Waals surface area contributed by atoms with Crippen LogP contribution in [0.15, 0.2) is 24.3 Å². The maximum atomic E-state index is 12.3. The monoisotopic (exact) mass is 303 g/mol. The van der Waals surface area contributed by atoms with Crippen LogP contribution < -0.4 is 5.32 Å². The Morgan fingerprint density at radius 2 is 2.20 bits per heavy atom. The molecule has 6 heteroatoms. The van der Waals surface area contributed by atoms with Gasteiger partial charge in [0, 0.05) is 17.5 Å². The summed E-state index contributed by atoms with van der Waals surface area (Å²) in [5.41, 5.74) is 0.675. The van der Waals surface area contributed by atoms with Gasteiger partial charge in [0.15, 0.2) is 0 Å². The largest absolute Gasteiger partial charge is 0.366 e. The average molecular weight is 304 g/mol. The van der Waals surface area contributed by atoms with E-state index in [0.29, 0.717) is 10.6 Å². The number of benzene rings is 1. The normalized spacial score (nSPS) is 16.2. The zero-order valence-electron chi connectivity index (χ0n) is 10.8. The molecule has 1 aromatic carbocycles. The molecule has 0 aliphatic heterocycles. The molecule has 0 radical (unpaired) electrons. The molecule has 1 N–H and O–H groups in total. The number of hydrogen-bond acceptors (Lipinski definition) is 2. The van der Waals surface area contributed by atoms with Gasteiger partial charge in [-0.05, 0) is 30.5 Å². The van der Waals surface area contributed by atoms with E-state index in [-0.39, 0.29) is 18.4 Å². The lowest BCUT2D eigenvalue weighted by molar-refractivity contribution is -0.123. The summed E-state index contributed by atoms with van der Waals surface area (Å²) in [6.45, 7) is -0.501. The second-order valence-electron chi connectivity index (χ2n) is 4.79. The smallest absolute Gasteiger partial charge is 0.261 e. The minimum Gasteiger partial charge on any atom is -0.366 e. The molecule has 20 heavy (non-hydrogen) atoms. The summed E-state index contributed by atoms with van der Waals surface area (Å²) in [5, 5.41) is 3.24. The number of alkyl halides is 2. The van der Waals surface area contributed by atoms with Gasteiger partial charge in [-0.1, -0.05) is 23.7 Å². The van der Waals surface area contributed by atoms with Crippen molar-refractivity contribution < 1.29 is 18.3 Å². The SMILES string of the molecule is O=C(NCC(OCC(F)F)c1cccc(Cl)c1)C1CC1. The molecule has 1 aliphatic rings. The Bertz CT molecular complexity index is 466. The Hall–Kier alpha value is -1.20. The maximum absolute atomic E-state index is 12.3. The first-order chi connectivity index (χ1) is 9.56. The van der Waals surface area contributed by atoms with E-state index < -0.39 is 19.1 Å². The Kier molecular flexibility index (Phi) is 5.31. The fraction of sp³-hybridized carbons (Fsp3) is 0.500. The van der Waals surface area contributed by atoms with Gasteiger partial charge >= 0.3 is 0 Å². The molecule has 0 heterocycles. The van der Waals surface area contributed by atoms with E-state index in [4.69, 9.17) is 16.3 Å². The minimum absolute atomic E-state index is 0.0438. The molecule has 1 saturated carbocycles. The quantitative estimate of drug-likeness (QED) is 0.840. The van der Waals surface area contributed by atoms with Crippen LogP contribution in [-0.4, -0.2) is 25.5 Å². The molecular weight excluding hydrogens is 288 g/mol. The molecule has 0 saturated heterocycles. The molecule has 1 aliphatic carbocycles. The van der Waals surface area contributed by atoms with Gasteiger partial charge in [0.25, 0.3) is 6.43 Å². The molecule has 1 unspecified atom stereocenters. The van der Waals surface area contributed by atoms with Crippen molar-refractivity contribution in [3.05, 3.63) is 34.9 Å². The second kappa shape index (κ2) is 6.99. The summed E-state index contributed by atoms with van der Waals surface area (Å²) in [4.78, 5) is 11.6. The topological polar surface area (TPSA) is 38.3 Å². The molecule has 2 rings (SSSR count). The van der Waals surface area contributed by atoms with Crippen LogP contribution in [0.1, 0.15) is 24.5 Å². The number of hydrogen-bond donors (Lipinski definition) is 1. The minimum atomic E-state index is -2.55. The number of amides is 1. The van der Waals surface area contributed by atoms with Gasteiger partial charge in [-0.25, -0.2) is 8.78 Å². The number of carbonyl (C=O) groups excluding carboxylic acids is 1. The molecule has 1 amide bonds. The third kappa shape index (κ3) is 4.72. The van der Waals surface area contributed by atoms with Crippen LogP contribution >= 0.6 is 11.6 Å². The van der Waals surface area contributed by atoms with Crippen LogP contribution in [0.25, 0.3) is 0 Å². The number of ether oxygens (including phenoxy) is 1. The van der Waals surface area contributed by atoms with Gasteiger partial charge in [-0.2, -0.15) is 0 Å². The first kappa shape index (κ1) is 15.2. The highest BCUT2D eigenvalue weighted by atomic mass is 35.5. The third-order valence-electron chi connectivity index (χ3n) is 3.05. The van der Waals surface area contributed by atoms with Crippen molar-refractivity contribution >= 4 is 17.5 Å². The van der Waals surface area contributed by atoms with Gasteiger partial charge in [-0.3, -0.25) is 4.79 Å². The lowest BCUT2D eigenvalue weighted by Gasteiger charge is -2.19. The summed E-state index contributed by atoms with van der Waals surface area (Å²) in [6.07, 6.45) is -1.38. The third-order valence-corrected chi connectivity index (χ3v) is 3.29. The molecule has 1 fully saturated rings. The van der Waals surface area contributed by atoms with Crippen molar-refractivity contribution in [2.45, 2.75) is 25.4 Å². The van der Waals surface area contributed by atoms with Crippen molar-refractivity contribution in [1.82, 2.24) is 5.32 Å². The van der Waals surface area contributed by atoms with Crippen LogP contribution in [0.3, 0.4) is 0 Å². The van der Waals surface area contributed by atoms with Gasteiger partial charge in [-0.15, -0.1) is 0 Å². The number of rotatable bonds is 7. The molecule has 0 bridgehead atoms. The predicted molar refractivity (Wildman–Crippen MR) is 71.9 cm³/mol. The second-order valence-corrected chi connectivity index (χ2v) is 5.22. The molecule has 1 atom stereocenters. The van der Waals surface area contributed by atoms with Crippen LogP contribution in [0.2, 0.25) is 5.02 Å². The summed E-state index contributed by atoms with van der Waals surface area (Å²) in [5.74, 6) is 0.0304. The zero-order chi connectivity index (χ0) is 14.5. The highest BCUT2D eigenvalue weighted by molar-refractivity contribution is 6.30. The van der Waals surface area contributed by atoms with Crippen LogP contribution in [0.5, 0.6) is 0 Å². The molecule has 3 nitrogen and oxygen atoms in total.